The van der Waals surface area contributed by atoms with E-state index in [2.05, 4.69) is 4.98 Å². The Bertz CT molecular complexity index is 301. The van der Waals surface area contributed by atoms with Crippen LogP contribution in [0, 0.1) is 6.92 Å². The summed E-state index contributed by atoms with van der Waals surface area (Å²) in [6.45, 7) is 1.69. The molecule has 1 rings (SSSR count). The third-order valence-electron chi connectivity index (χ3n) is 1.33. The summed E-state index contributed by atoms with van der Waals surface area (Å²) in [7, 11) is 0. The Morgan fingerprint density at radius 1 is 1.73 bits per heavy atom. The minimum absolute atomic E-state index is 0.0255. The lowest BCUT2D eigenvalue weighted by Crippen LogP contribution is -1.98. The molecule has 4 heteroatoms. The van der Waals surface area contributed by atoms with Crippen molar-refractivity contribution in [2.75, 3.05) is 0 Å². The first-order valence-corrected chi connectivity index (χ1v) is 3.03. The second-order valence-corrected chi connectivity index (χ2v) is 2.20. The fourth-order valence-electron chi connectivity index (χ4n) is 0.880. The maximum absolute atomic E-state index is 10.4. The molecule has 0 spiro atoms. The van der Waals surface area contributed by atoms with E-state index in [1.165, 1.54) is 6.07 Å². The van der Waals surface area contributed by atoms with Crippen LogP contribution in [0.3, 0.4) is 0 Å². The molecule has 0 fully saturated rings. The van der Waals surface area contributed by atoms with Crippen molar-refractivity contribution in [1.29, 1.82) is 0 Å². The van der Waals surface area contributed by atoms with Crippen LogP contribution >= 0.6 is 0 Å². The number of rotatable bonds is 2. The quantitative estimate of drug-likeness (QED) is 0.618. The van der Waals surface area contributed by atoms with Crippen molar-refractivity contribution >= 4 is 12.3 Å². The zero-order chi connectivity index (χ0) is 8.43. The number of carboxylic acid groups (broad SMARTS) is 1. The third-order valence-corrected chi connectivity index (χ3v) is 1.33. The van der Waals surface area contributed by atoms with Crippen LogP contribution in [-0.4, -0.2) is 22.3 Å². The van der Waals surface area contributed by atoms with Gasteiger partial charge in [0.05, 0.1) is 11.3 Å². The van der Waals surface area contributed by atoms with Crippen LogP contribution in [0.5, 0.6) is 0 Å². The number of carbonyl (C=O) groups is 2. The average Bonchev–Trinajstić information content (AvgIpc) is 2.30. The van der Waals surface area contributed by atoms with Crippen LogP contribution in [0.1, 0.15) is 26.5 Å². The summed E-state index contributed by atoms with van der Waals surface area (Å²) in [5.41, 5.74) is 0.817. The lowest BCUT2D eigenvalue weighted by Gasteiger charge is -1.86. The maximum Gasteiger partial charge on any atom is 0.338 e. The van der Waals surface area contributed by atoms with Crippen LogP contribution in [0.2, 0.25) is 0 Å². The molecule has 0 amide bonds. The van der Waals surface area contributed by atoms with Crippen molar-refractivity contribution in [3.63, 3.8) is 0 Å². The molecule has 0 radical (unpaired) electrons. The van der Waals surface area contributed by atoms with Crippen molar-refractivity contribution in [2.45, 2.75) is 6.92 Å². The number of aromatic carboxylic acids is 1. The number of aryl methyl sites for hydroxylation is 1. The number of aromatic nitrogens is 1. The predicted molar refractivity (Wildman–Crippen MR) is 37.9 cm³/mol. The number of nitrogens with one attached hydrogen (secondary N) is 1. The minimum Gasteiger partial charge on any atom is -0.478 e. The normalized spacial score (nSPS) is 9.55. The van der Waals surface area contributed by atoms with Crippen molar-refractivity contribution < 1.29 is 14.7 Å². The number of aromatic amines is 1. The van der Waals surface area contributed by atoms with Crippen LogP contribution in [0.15, 0.2) is 6.07 Å². The smallest absolute Gasteiger partial charge is 0.338 e. The summed E-state index contributed by atoms with van der Waals surface area (Å²) in [5, 5.41) is 8.53. The van der Waals surface area contributed by atoms with Gasteiger partial charge in [-0.2, -0.15) is 0 Å². The number of H-pyrrole nitrogens is 1. The molecule has 1 heterocycles. The number of carboxylic acids is 1. The fraction of sp³-hybridized carbons (Fsp3) is 0.143. The standard InChI is InChI=1S/C7H7NO3/c1-4-2-5(7(10)11)6(3-9)8-4/h2-3,8H,1H3,(H,10,11). The monoisotopic (exact) mass is 153 g/mol. The topological polar surface area (TPSA) is 70.2 Å². The number of carbonyl (C=O) groups excluding carboxylic acids is 1. The molecule has 0 unspecified atom stereocenters. The lowest BCUT2D eigenvalue weighted by molar-refractivity contribution is 0.0694. The molecule has 0 aliphatic heterocycles. The molecule has 2 N–H and O–H groups in total. The van der Waals surface area contributed by atoms with E-state index in [-0.39, 0.29) is 11.3 Å². The Labute approximate surface area is 62.9 Å². The first-order chi connectivity index (χ1) is 5.15. The van der Waals surface area contributed by atoms with Crippen LogP contribution in [-0.2, 0) is 0 Å². The Morgan fingerprint density at radius 2 is 2.36 bits per heavy atom. The highest BCUT2D eigenvalue weighted by atomic mass is 16.4. The second-order valence-electron chi connectivity index (χ2n) is 2.20. The zero-order valence-corrected chi connectivity index (χ0v) is 5.92. The van der Waals surface area contributed by atoms with Gasteiger partial charge in [0.1, 0.15) is 0 Å². The van der Waals surface area contributed by atoms with Crippen molar-refractivity contribution in [2.24, 2.45) is 0 Å². The van der Waals surface area contributed by atoms with Gasteiger partial charge in [-0.3, -0.25) is 4.79 Å². The van der Waals surface area contributed by atoms with Gasteiger partial charge < -0.3 is 10.1 Å². The van der Waals surface area contributed by atoms with Gasteiger partial charge >= 0.3 is 5.97 Å². The first kappa shape index (κ1) is 7.53. The molecule has 0 saturated carbocycles. The molecule has 0 atom stereocenters. The summed E-state index contributed by atoms with van der Waals surface area (Å²) in [4.78, 5) is 23.3. The number of aldehydes is 1. The highest BCUT2D eigenvalue weighted by Gasteiger charge is 2.11. The second kappa shape index (κ2) is 2.57. The Balaban J connectivity index is 3.22. The first-order valence-electron chi connectivity index (χ1n) is 3.03. The summed E-state index contributed by atoms with van der Waals surface area (Å²) < 4.78 is 0. The molecule has 11 heavy (non-hydrogen) atoms. The van der Waals surface area contributed by atoms with Crippen LogP contribution < -0.4 is 0 Å². The molecule has 0 aliphatic rings. The van der Waals surface area contributed by atoms with E-state index in [1.54, 1.807) is 6.92 Å². The van der Waals surface area contributed by atoms with Crippen molar-refractivity contribution in [1.82, 2.24) is 4.98 Å². The Morgan fingerprint density at radius 3 is 2.73 bits per heavy atom. The third kappa shape index (κ3) is 1.29. The predicted octanol–water partition coefficient (Wildman–Crippen LogP) is 0.834. The van der Waals surface area contributed by atoms with Gasteiger partial charge in [0.25, 0.3) is 0 Å². The fourth-order valence-corrected chi connectivity index (χ4v) is 0.880. The molecule has 1 aromatic rings. The van der Waals surface area contributed by atoms with E-state index in [0.717, 1.165) is 0 Å². The lowest BCUT2D eigenvalue weighted by atomic mass is 10.2. The molecule has 0 bridgehead atoms. The number of hydrogen-bond acceptors (Lipinski definition) is 2. The summed E-state index contributed by atoms with van der Waals surface area (Å²) >= 11 is 0. The van der Waals surface area contributed by atoms with E-state index >= 15 is 0 Å². The highest BCUT2D eigenvalue weighted by molar-refractivity contribution is 5.96. The van der Waals surface area contributed by atoms with Gasteiger partial charge in [-0.25, -0.2) is 4.79 Å². The minimum atomic E-state index is -1.09. The van der Waals surface area contributed by atoms with Gasteiger partial charge in [0, 0.05) is 5.69 Å². The molecule has 58 valence electrons. The molecule has 1 aromatic heterocycles. The van der Waals surface area contributed by atoms with Crippen molar-refractivity contribution in [3.05, 3.63) is 23.0 Å². The van der Waals surface area contributed by atoms with Crippen LogP contribution in [0.4, 0.5) is 0 Å². The molecular formula is C7H7NO3. The summed E-state index contributed by atoms with van der Waals surface area (Å²) in [5.74, 6) is -1.09. The number of hydrogen-bond donors (Lipinski definition) is 2. The molecule has 0 saturated heterocycles. The van der Waals surface area contributed by atoms with Gasteiger partial charge in [0.2, 0.25) is 0 Å². The summed E-state index contributed by atoms with van der Waals surface area (Å²) in [6.07, 6.45) is 0.496. The Hall–Kier alpha value is -1.58. The SMILES string of the molecule is Cc1cc(C(=O)O)c(C=O)[nH]1. The van der Waals surface area contributed by atoms with Gasteiger partial charge in [-0.15, -0.1) is 0 Å². The van der Waals surface area contributed by atoms with Crippen LogP contribution in [0.25, 0.3) is 0 Å². The molecular weight excluding hydrogens is 146 g/mol. The van der Waals surface area contributed by atoms with Gasteiger partial charge in [-0.1, -0.05) is 0 Å². The molecule has 0 aromatic carbocycles. The van der Waals surface area contributed by atoms with Gasteiger partial charge in [-0.05, 0) is 13.0 Å². The molecule has 4 nitrogen and oxygen atoms in total. The zero-order valence-electron chi connectivity index (χ0n) is 5.92. The van der Waals surface area contributed by atoms with E-state index in [4.69, 9.17) is 5.11 Å². The maximum atomic E-state index is 10.4. The van der Waals surface area contributed by atoms with Crippen molar-refractivity contribution in [3.8, 4) is 0 Å². The van der Waals surface area contributed by atoms with E-state index < -0.39 is 5.97 Å². The van der Waals surface area contributed by atoms with Gasteiger partial charge in [0.15, 0.2) is 6.29 Å². The van der Waals surface area contributed by atoms with E-state index in [9.17, 15) is 9.59 Å². The highest BCUT2D eigenvalue weighted by Crippen LogP contribution is 2.07. The van der Waals surface area contributed by atoms with E-state index in [1.807, 2.05) is 0 Å². The largest absolute Gasteiger partial charge is 0.478 e. The average molecular weight is 153 g/mol. The molecule has 0 aliphatic carbocycles. The Kier molecular flexibility index (Phi) is 1.76. The van der Waals surface area contributed by atoms with E-state index in [0.29, 0.717) is 12.0 Å². The summed E-state index contributed by atoms with van der Waals surface area (Å²) in [6, 6.07) is 1.42.